The van der Waals surface area contributed by atoms with Gasteiger partial charge in [0.1, 0.15) is 11.9 Å². The van der Waals surface area contributed by atoms with E-state index in [9.17, 15) is 8.42 Å². The highest BCUT2D eigenvalue weighted by atomic mass is 79.9. The number of benzene rings is 3. The van der Waals surface area contributed by atoms with E-state index < -0.39 is 10.0 Å². The molecule has 6 heteroatoms. The van der Waals surface area contributed by atoms with Crippen LogP contribution >= 0.6 is 15.9 Å². The number of fused-ring (bicyclic) bond motifs is 1. The first-order chi connectivity index (χ1) is 12.9. The van der Waals surface area contributed by atoms with E-state index in [0.29, 0.717) is 11.4 Å². The molecule has 1 heterocycles. The zero-order valence-electron chi connectivity index (χ0n) is 14.7. The van der Waals surface area contributed by atoms with Gasteiger partial charge in [-0.3, -0.25) is 4.31 Å². The lowest BCUT2D eigenvalue weighted by Crippen LogP contribution is -2.39. The van der Waals surface area contributed by atoms with Gasteiger partial charge < -0.3 is 4.74 Å². The van der Waals surface area contributed by atoms with Crippen molar-refractivity contribution in [1.29, 1.82) is 0 Å². The summed E-state index contributed by atoms with van der Waals surface area (Å²) in [7, 11) is -3.72. The topological polar surface area (TPSA) is 46.6 Å². The highest BCUT2D eigenvalue weighted by Crippen LogP contribution is 2.42. The number of anilines is 1. The van der Waals surface area contributed by atoms with Gasteiger partial charge in [-0.15, -0.1) is 0 Å². The Morgan fingerprint density at radius 3 is 2.41 bits per heavy atom. The van der Waals surface area contributed by atoms with Gasteiger partial charge in [0.2, 0.25) is 0 Å². The highest BCUT2D eigenvalue weighted by molar-refractivity contribution is 9.10. The average Bonchev–Trinajstić information content (AvgIpc) is 2.68. The Hall–Kier alpha value is -2.31. The van der Waals surface area contributed by atoms with Crippen molar-refractivity contribution in [3.63, 3.8) is 0 Å². The van der Waals surface area contributed by atoms with Crippen LogP contribution < -0.4 is 9.04 Å². The molecule has 0 bridgehead atoms. The number of hydrogen-bond donors (Lipinski definition) is 0. The number of hydrogen-bond acceptors (Lipinski definition) is 3. The van der Waals surface area contributed by atoms with E-state index in [2.05, 4.69) is 15.9 Å². The Balaban J connectivity index is 1.82. The van der Waals surface area contributed by atoms with Crippen LogP contribution in [-0.2, 0) is 10.0 Å². The molecular formula is C21H18BrNO3S. The molecule has 0 spiro atoms. The number of sulfonamides is 1. The van der Waals surface area contributed by atoms with E-state index in [1.54, 1.807) is 24.3 Å². The second-order valence-corrected chi connectivity index (χ2v) is 9.26. The highest BCUT2D eigenvalue weighted by Gasteiger charge is 2.35. The molecule has 4 rings (SSSR count). The monoisotopic (exact) mass is 443 g/mol. The van der Waals surface area contributed by atoms with E-state index in [-0.39, 0.29) is 17.5 Å². The minimum absolute atomic E-state index is 0.212. The van der Waals surface area contributed by atoms with Gasteiger partial charge >= 0.3 is 0 Å². The van der Waals surface area contributed by atoms with Crippen molar-refractivity contribution in [3.05, 3.63) is 88.4 Å². The van der Waals surface area contributed by atoms with Crippen molar-refractivity contribution in [2.24, 2.45) is 0 Å². The lowest BCUT2D eigenvalue weighted by molar-refractivity contribution is 0.204. The van der Waals surface area contributed by atoms with Crippen LogP contribution in [0, 0.1) is 6.92 Å². The molecule has 0 saturated heterocycles. The molecule has 0 saturated carbocycles. The molecular weight excluding hydrogens is 426 g/mol. The SMILES string of the molecule is Cc1ccc(S(=O)(=O)N2CC(c3ccccc3)Oc3ccc(Br)cc32)cc1. The van der Waals surface area contributed by atoms with E-state index in [4.69, 9.17) is 4.74 Å². The lowest BCUT2D eigenvalue weighted by Gasteiger charge is -2.35. The molecule has 138 valence electrons. The Morgan fingerprint density at radius 1 is 1.00 bits per heavy atom. The number of rotatable bonds is 3. The number of ether oxygens (including phenoxy) is 1. The fourth-order valence-corrected chi connectivity index (χ4v) is 4.95. The van der Waals surface area contributed by atoms with Gasteiger partial charge in [-0.05, 0) is 42.8 Å². The summed E-state index contributed by atoms with van der Waals surface area (Å²) in [5, 5.41) is 0. The lowest BCUT2D eigenvalue weighted by atomic mass is 10.1. The summed E-state index contributed by atoms with van der Waals surface area (Å²) in [6.07, 6.45) is -0.375. The molecule has 0 aromatic heterocycles. The second-order valence-electron chi connectivity index (χ2n) is 6.48. The molecule has 4 nitrogen and oxygen atoms in total. The van der Waals surface area contributed by atoms with Crippen molar-refractivity contribution in [1.82, 2.24) is 0 Å². The van der Waals surface area contributed by atoms with Crippen LogP contribution in [0.25, 0.3) is 0 Å². The van der Waals surface area contributed by atoms with Gasteiger partial charge in [-0.2, -0.15) is 0 Å². The summed E-state index contributed by atoms with van der Waals surface area (Å²) in [4.78, 5) is 0.271. The van der Waals surface area contributed by atoms with Gasteiger partial charge in [-0.25, -0.2) is 8.42 Å². The standard InChI is InChI=1S/C21H18BrNO3S/c1-15-7-10-18(11-8-15)27(24,25)23-14-21(16-5-3-2-4-6-16)26-20-12-9-17(22)13-19(20)23/h2-13,21H,14H2,1H3. The minimum atomic E-state index is -3.72. The van der Waals surface area contributed by atoms with Gasteiger partial charge in [0.05, 0.1) is 17.1 Å². The van der Waals surface area contributed by atoms with Crippen LogP contribution in [0.3, 0.4) is 0 Å². The van der Waals surface area contributed by atoms with Gasteiger partial charge in [0.15, 0.2) is 0 Å². The molecule has 0 amide bonds. The predicted octanol–water partition coefficient (Wildman–Crippen LogP) is 5.09. The number of aryl methyl sites for hydroxylation is 1. The molecule has 3 aromatic carbocycles. The molecule has 0 N–H and O–H groups in total. The Labute approximate surface area is 167 Å². The fraction of sp³-hybridized carbons (Fsp3) is 0.143. The van der Waals surface area contributed by atoms with Gasteiger partial charge in [0, 0.05) is 4.47 Å². The number of halogens is 1. The van der Waals surface area contributed by atoms with Crippen LogP contribution in [-0.4, -0.2) is 15.0 Å². The van der Waals surface area contributed by atoms with E-state index in [1.165, 1.54) is 4.31 Å². The van der Waals surface area contributed by atoms with Crippen LogP contribution in [0.4, 0.5) is 5.69 Å². The average molecular weight is 444 g/mol. The van der Waals surface area contributed by atoms with E-state index >= 15 is 0 Å². The van der Waals surface area contributed by atoms with Crippen molar-refractivity contribution < 1.29 is 13.2 Å². The molecule has 27 heavy (non-hydrogen) atoms. The summed E-state index contributed by atoms with van der Waals surface area (Å²) < 4.78 is 35.2. The fourth-order valence-electron chi connectivity index (χ4n) is 3.13. The summed E-state index contributed by atoms with van der Waals surface area (Å²) in [6, 6.07) is 22.0. The first-order valence-electron chi connectivity index (χ1n) is 8.56. The predicted molar refractivity (Wildman–Crippen MR) is 110 cm³/mol. The van der Waals surface area contributed by atoms with Crippen molar-refractivity contribution in [2.45, 2.75) is 17.9 Å². The van der Waals surface area contributed by atoms with E-state index in [0.717, 1.165) is 15.6 Å². The van der Waals surface area contributed by atoms with Crippen LogP contribution in [0.2, 0.25) is 0 Å². The maximum atomic E-state index is 13.4. The minimum Gasteiger partial charge on any atom is -0.482 e. The largest absolute Gasteiger partial charge is 0.482 e. The molecule has 1 aliphatic rings. The van der Waals surface area contributed by atoms with Crippen molar-refractivity contribution in [3.8, 4) is 5.75 Å². The Kier molecular flexibility index (Phi) is 4.70. The second kappa shape index (κ2) is 7.02. The van der Waals surface area contributed by atoms with Crippen molar-refractivity contribution in [2.75, 3.05) is 10.8 Å². The summed E-state index contributed by atoms with van der Waals surface area (Å²) in [6.45, 7) is 2.15. The maximum Gasteiger partial charge on any atom is 0.264 e. The van der Waals surface area contributed by atoms with Gasteiger partial charge in [-0.1, -0.05) is 64.0 Å². The molecule has 0 fully saturated rings. The molecule has 0 aliphatic carbocycles. The molecule has 1 aliphatic heterocycles. The third-order valence-electron chi connectivity index (χ3n) is 4.57. The quantitative estimate of drug-likeness (QED) is 0.566. The summed E-state index contributed by atoms with van der Waals surface area (Å²) in [5.41, 5.74) is 2.49. The summed E-state index contributed by atoms with van der Waals surface area (Å²) in [5.74, 6) is 0.550. The van der Waals surface area contributed by atoms with Crippen molar-refractivity contribution >= 4 is 31.6 Å². The van der Waals surface area contributed by atoms with Crippen LogP contribution in [0.5, 0.6) is 5.75 Å². The summed E-state index contributed by atoms with van der Waals surface area (Å²) >= 11 is 3.43. The molecule has 0 radical (unpaired) electrons. The smallest absolute Gasteiger partial charge is 0.264 e. The Morgan fingerprint density at radius 2 is 1.70 bits per heavy atom. The third kappa shape index (κ3) is 3.47. The first kappa shape index (κ1) is 18.1. The molecule has 1 atom stereocenters. The van der Waals surface area contributed by atoms with Crippen LogP contribution in [0.15, 0.2) is 82.2 Å². The van der Waals surface area contributed by atoms with Crippen LogP contribution in [0.1, 0.15) is 17.2 Å². The molecule has 3 aromatic rings. The zero-order chi connectivity index (χ0) is 19.0. The first-order valence-corrected chi connectivity index (χ1v) is 10.8. The van der Waals surface area contributed by atoms with E-state index in [1.807, 2.05) is 55.5 Å². The maximum absolute atomic E-state index is 13.4. The van der Waals surface area contributed by atoms with Gasteiger partial charge in [0.25, 0.3) is 10.0 Å². The normalized spacial score (nSPS) is 16.5. The Bertz CT molecular complexity index is 1070. The number of nitrogens with zero attached hydrogens (tertiary/aromatic N) is 1. The molecule has 1 unspecified atom stereocenters. The third-order valence-corrected chi connectivity index (χ3v) is 6.86. The zero-order valence-corrected chi connectivity index (χ0v) is 17.1.